The lowest BCUT2D eigenvalue weighted by Gasteiger charge is -2.58. The minimum absolute atomic E-state index is 0.0839. The number of allylic oxidation sites excluding steroid dienone is 1. The van der Waals surface area contributed by atoms with E-state index < -0.39 is 41.6 Å². The predicted molar refractivity (Wildman–Crippen MR) is 249 cm³/mol. The van der Waals surface area contributed by atoms with E-state index in [1.54, 1.807) is 51.2 Å². The van der Waals surface area contributed by atoms with Crippen LogP contribution in [-0.4, -0.2) is 52.8 Å². The molecule has 3 saturated carbocycles. The van der Waals surface area contributed by atoms with E-state index in [1.807, 2.05) is 10.8 Å². The number of nitrogens with zero attached hydrogens (tertiary/aromatic N) is 1. The SMILES string of the molecule is CC(C)CCCC(C)C1CCC2C3CC=C4CC(OC(=O)C(CCCC[n+]5cccc(C(N)=O)c5)NC(=O)[C@H](Cc5ccc(O)cc5)NC(=O)OC(C)(C)C)CCC4(C)C3CCC12C. The maximum atomic E-state index is 14.3. The van der Waals surface area contributed by atoms with Gasteiger partial charge in [-0.15, -0.1) is 0 Å². The number of ether oxygens (including phenoxy) is 2. The molecule has 0 spiro atoms. The summed E-state index contributed by atoms with van der Waals surface area (Å²) in [6, 6.07) is 7.84. The maximum Gasteiger partial charge on any atom is 0.408 e. The molecular formula is C53H79N4O7+. The molecule has 0 saturated heterocycles. The van der Waals surface area contributed by atoms with Crippen LogP contribution in [0, 0.1) is 46.3 Å². The lowest BCUT2D eigenvalue weighted by Crippen LogP contribution is -2.54. The molecule has 6 rings (SSSR count). The fourth-order valence-electron chi connectivity index (χ4n) is 12.5. The average molecular weight is 884 g/mol. The van der Waals surface area contributed by atoms with Gasteiger partial charge in [-0.05, 0) is 149 Å². The molecule has 352 valence electrons. The minimum atomic E-state index is -1.07. The molecule has 4 aliphatic rings. The molecule has 0 radical (unpaired) electrons. The smallest absolute Gasteiger partial charge is 0.408 e. The molecule has 64 heavy (non-hydrogen) atoms. The molecule has 11 nitrogen and oxygen atoms in total. The third kappa shape index (κ3) is 12.1. The van der Waals surface area contributed by atoms with Gasteiger partial charge in [0.1, 0.15) is 41.6 Å². The van der Waals surface area contributed by atoms with Gasteiger partial charge in [0.15, 0.2) is 12.4 Å². The lowest BCUT2D eigenvalue weighted by atomic mass is 9.47. The third-order valence-electron chi connectivity index (χ3n) is 15.8. The summed E-state index contributed by atoms with van der Waals surface area (Å²) in [4.78, 5) is 53.3. The minimum Gasteiger partial charge on any atom is -0.508 e. The van der Waals surface area contributed by atoms with Crippen molar-refractivity contribution in [2.45, 2.75) is 182 Å². The highest BCUT2D eigenvalue weighted by atomic mass is 16.6. The van der Waals surface area contributed by atoms with Gasteiger partial charge in [-0.1, -0.05) is 77.7 Å². The Balaban J connectivity index is 1.14. The molecule has 1 aromatic heterocycles. The van der Waals surface area contributed by atoms with Gasteiger partial charge in [0.25, 0.3) is 5.91 Å². The largest absolute Gasteiger partial charge is 0.508 e. The second-order valence-electron chi connectivity index (χ2n) is 21.9. The first-order valence-electron chi connectivity index (χ1n) is 24.5. The number of phenolic OH excluding ortho intramolecular Hbond substituents is 1. The highest BCUT2D eigenvalue weighted by molar-refractivity contribution is 5.92. The number of hydrogen-bond donors (Lipinski definition) is 4. The zero-order chi connectivity index (χ0) is 46.4. The molecule has 3 fully saturated rings. The van der Waals surface area contributed by atoms with Crippen molar-refractivity contribution in [3.8, 4) is 5.75 Å². The molecule has 0 aliphatic heterocycles. The van der Waals surface area contributed by atoms with E-state index in [0.717, 1.165) is 42.9 Å². The van der Waals surface area contributed by atoms with Crippen LogP contribution in [0.15, 0.2) is 60.4 Å². The maximum absolute atomic E-state index is 14.3. The van der Waals surface area contributed by atoms with E-state index in [4.69, 9.17) is 15.2 Å². The summed E-state index contributed by atoms with van der Waals surface area (Å²) in [5.74, 6) is 3.05. The number of nitrogens with one attached hydrogen (secondary N) is 2. The summed E-state index contributed by atoms with van der Waals surface area (Å²) in [7, 11) is 0. The van der Waals surface area contributed by atoms with Gasteiger partial charge in [0.2, 0.25) is 5.91 Å². The van der Waals surface area contributed by atoms with Crippen LogP contribution in [0.5, 0.6) is 5.75 Å². The van der Waals surface area contributed by atoms with Crippen molar-refractivity contribution in [3.63, 3.8) is 0 Å². The Hall–Kier alpha value is -4.41. The number of carbonyl (C=O) groups excluding carboxylic acids is 4. The van der Waals surface area contributed by atoms with Crippen LogP contribution in [0.25, 0.3) is 0 Å². The van der Waals surface area contributed by atoms with E-state index in [0.29, 0.717) is 60.6 Å². The first kappa shape index (κ1) is 49.0. The number of aromatic nitrogens is 1. The number of hydrogen-bond acceptors (Lipinski definition) is 7. The molecule has 0 bridgehead atoms. The number of phenols is 1. The van der Waals surface area contributed by atoms with E-state index in [9.17, 15) is 24.3 Å². The Kier molecular flexibility index (Phi) is 16.0. The lowest BCUT2D eigenvalue weighted by molar-refractivity contribution is -0.697. The normalized spacial score (nSPS) is 27.8. The summed E-state index contributed by atoms with van der Waals surface area (Å²) >= 11 is 0. The van der Waals surface area contributed by atoms with Gasteiger partial charge in [0.05, 0.1) is 0 Å². The molecule has 10 atom stereocenters. The van der Waals surface area contributed by atoms with Gasteiger partial charge in [-0.2, -0.15) is 0 Å². The second-order valence-corrected chi connectivity index (χ2v) is 21.9. The number of unbranched alkanes of at least 4 members (excludes halogenated alkanes) is 1. The Bertz CT molecular complexity index is 1970. The summed E-state index contributed by atoms with van der Waals surface area (Å²) in [5, 5.41) is 15.6. The first-order valence-corrected chi connectivity index (χ1v) is 24.5. The molecule has 3 amide bonds. The number of primary amides is 1. The van der Waals surface area contributed by atoms with Gasteiger partial charge in [0, 0.05) is 25.3 Å². The zero-order valence-corrected chi connectivity index (χ0v) is 40.1. The Morgan fingerprint density at radius 1 is 0.891 bits per heavy atom. The molecule has 9 unspecified atom stereocenters. The Morgan fingerprint density at radius 2 is 1.64 bits per heavy atom. The van der Waals surface area contributed by atoms with Crippen molar-refractivity contribution >= 4 is 23.9 Å². The fraction of sp³-hybridized carbons (Fsp3) is 0.679. The van der Waals surface area contributed by atoms with Crippen LogP contribution in [0.3, 0.4) is 0 Å². The number of nitrogens with two attached hydrogens (primary N) is 1. The Labute approximate surface area is 383 Å². The number of benzene rings is 1. The number of alkyl carbamates (subject to hydrolysis) is 1. The predicted octanol–water partition coefficient (Wildman–Crippen LogP) is 9.52. The Morgan fingerprint density at radius 3 is 2.34 bits per heavy atom. The molecule has 1 aromatic carbocycles. The van der Waals surface area contributed by atoms with Crippen LogP contribution in [0.4, 0.5) is 4.79 Å². The van der Waals surface area contributed by atoms with Crippen LogP contribution < -0.4 is 20.9 Å². The van der Waals surface area contributed by atoms with Crippen LogP contribution in [-0.2, 0) is 32.0 Å². The number of fused-ring (bicyclic) bond motifs is 5. The van der Waals surface area contributed by atoms with Crippen LogP contribution >= 0.6 is 0 Å². The van der Waals surface area contributed by atoms with Crippen LogP contribution in [0.1, 0.15) is 161 Å². The number of carbonyl (C=O) groups is 4. The molecule has 1 heterocycles. The van der Waals surface area contributed by atoms with E-state index in [2.05, 4.69) is 51.3 Å². The van der Waals surface area contributed by atoms with Crippen LogP contribution in [0.2, 0.25) is 0 Å². The quantitative estimate of drug-likeness (QED) is 0.0502. The van der Waals surface area contributed by atoms with E-state index in [1.165, 1.54) is 62.7 Å². The third-order valence-corrected chi connectivity index (χ3v) is 15.8. The fourth-order valence-corrected chi connectivity index (χ4v) is 12.5. The monoisotopic (exact) mass is 884 g/mol. The highest BCUT2D eigenvalue weighted by Gasteiger charge is 2.59. The summed E-state index contributed by atoms with van der Waals surface area (Å²) in [6.07, 6.45) is 19.6. The first-order chi connectivity index (χ1) is 30.3. The second kappa shape index (κ2) is 20.8. The number of esters is 1. The van der Waals surface area contributed by atoms with E-state index >= 15 is 0 Å². The molecule has 2 aromatic rings. The molecule has 11 heteroatoms. The molecule has 4 aliphatic carbocycles. The number of rotatable bonds is 18. The number of aryl methyl sites for hydroxylation is 1. The summed E-state index contributed by atoms with van der Waals surface area (Å²) in [6.45, 7) is 18.2. The summed E-state index contributed by atoms with van der Waals surface area (Å²) in [5.41, 5.74) is 7.78. The topological polar surface area (TPSA) is 161 Å². The van der Waals surface area contributed by atoms with Crippen molar-refractivity contribution in [2.24, 2.45) is 52.1 Å². The van der Waals surface area contributed by atoms with Crippen molar-refractivity contribution < 1.29 is 38.3 Å². The van der Waals surface area contributed by atoms with Crippen molar-refractivity contribution in [2.75, 3.05) is 0 Å². The standard InChI is InChI=1S/C53H78N4O7/c1-34(2)13-11-14-35(3)42-23-24-43-41-22-19-38-32-40(25-27-52(38,7)44(41)26-28-53(42,43)8)63-49(61)45(16-9-10-29-57-30-12-15-37(33-57)47(54)59)55-48(60)46(56-50(62)64-51(4,5)6)31-36-17-20-39(58)21-18-36/h12,15,17-21,30,33-35,40-46H,9-11,13-14,16,22-29,31-32H2,1-8H3,(H4-,54,55,56,58,59,60,62)/p+1/t35?,40?,41?,42?,43?,44?,45?,46-,52?,53?/m0/s1. The zero-order valence-electron chi connectivity index (χ0n) is 40.1. The summed E-state index contributed by atoms with van der Waals surface area (Å²) < 4.78 is 13.8. The number of pyridine rings is 1. The van der Waals surface area contributed by atoms with E-state index in [-0.39, 0.29) is 23.7 Å². The van der Waals surface area contributed by atoms with Gasteiger partial charge in [-0.25, -0.2) is 14.2 Å². The van der Waals surface area contributed by atoms with Crippen molar-refractivity contribution in [3.05, 3.63) is 71.6 Å². The van der Waals surface area contributed by atoms with Gasteiger partial charge in [-0.3, -0.25) is 9.59 Å². The number of amides is 3. The molecule has 5 N–H and O–H groups in total. The van der Waals surface area contributed by atoms with Gasteiger partial charge >= 0.3 is 12.1 Å². The number of aromatic hydroxyl groups is 1. The van der Waals surface area contributed by atoms with Crippen molar-refractivity contribution in [1.82, 2.24) is 10.6 Å². The highest BCUT2D eigenvalue weighted by Crippen LogP contribution is 2.67. The molecular weight excluding hydrogens is 805 g/mol. The van der Waals surface area contributed by atoms with Crippen molar-refractivity contribution in [1.29, 1.82) is 0 Å². The average Bonchev–Trinajstić information content (AvgIpc) is 3.59. The van der Waals surface area contributed by atoms with Gasteiger partial charge < -0.3 is 30.9 Å².